The zero-order valence-corrected chi connectivity index (χ0v) is 10.2. The van der Waals surface area contributed by atoms with Gasteiger partial charge in [0.05, 0.1) is 18.7 Å². The van der Waals surface area contributed by atoms with E-state index in [1.165, 1.54) is 0 Å². The summed E-state index contributed by atoms with van der Waals surface area (Å²) >= 11 is 0. The molecule has 18 heavy (non-hydrogen) atoms. The van der Waals surface area contributed by atoms with Crippen LogP contribution in [-0.2, 0) is 6.42 Å². The Balaban J connectivity index is 2.21. The van der Waals surface area contributed by atoms with Crippen molar-refractivity contribution in [3.8, 4) is 5.88 Å². The lowest BCUT2D eigenvalue weighted by molar-refractivity contribution is 0.310. The number of pyridine rings is 2. The second-order valence-corrected chi connectivity index (χ2v) is 4.34. The summed E-state index contributed by atoms with van der Waals surface area (Å²) in [5.74, 6) is 1.40. The molecule has 5 heteroatoms. The van der Waals surface area contributed by atoms with Gasteiger partial charge in [0.2, 0.25) is 5.88 Å². The maximum Gasteiger partial charge on any atom is 0.220 e. The highest BCUT2D eigenvalue weighted by molar-refractivity contribution is 5.93. The molecule has 0 atom stereocenters. The van der Waals surface area contributed by atoms with Gasteiger partial charge in [-0.15, -0.1) is 0 Å². The Hall–Kier alpha value is -1.88. The fourth-order valence-electron chi connectivity index (χ4n) is 2.21. The number of ether oxygens (including phenoxy) is 1. The van der Waals surface area contributed by atoms with Gasteiger partial charge in [-0.3, -0.25) is 4.98 Å². The van der Waals surface area contributed by atoms with Crippen molar-refractivity contribution in [3.63, 3.8) is 0 Å². The van der Waals surface area contributed by atoms with Crippen molar-refractivity contribution in [2.75, 3.05) is 25.1 Å². The lowest BCUT2D eigenvalue weighted by Crippen LogP contribution is -2.08. The lowest BCUT2D eigenvalue weighted by Gasteiger charge is -2.10. The van der Waals surface area contributed by atoms with Crippen LogP contribution < -0.4 is 10.1 Å². The first-order valence-corrected chi connectivity index (χ1v) is 6.07. The zero-order chi connectivity index (χ0) is 12.5. The van der Waals surface area contributed by atoms with Gasteiger partial charge in [0, 0.05) is 29.6 Å². The normalized spacial score (nSPS) is 13.4. The molecular formula is C13H15N3O2. The van der Waals surface area contributed by atoms with Gasteiger partial charge >= 0.3 is 0 Å². The molecule has 3 rings (SSSR count). The summed E-state index contributed by atoms with van der Waals surface area (Å²) in [6.45, 7) is 3.18. The third-order valence-corrected chi connectivity index (χ3v) is 3.04. The average Bonchev–Trinajstić information content (AvgIpc) is 2.84. The fraction of sp³-hybridized carbons (Fsp3) is 0.385. The fourth-order valence-corrected chi connectivity index (χ4v) is 2.21. The van der Waals surface area contributed by atoms with Crippen LogP contribution >= 0.6 is 0 Å². The van der Waals surface area contributed by atoms with E-state index in [4.69, 9.17) is 9.84 Å². The molecule has 0 fully saturated rings. The molecule has 1 aliphatic heterocycles. The largest absolute Gasteiger partial charge is 0.477 e. The summed E-state index contributed by atoms with van der Waals surface area (Å²) in [4.78, 5) is 9.06. The van der Waals surface area contributed by atoms with Gasteiger partial charge in [0.25, 0.3) is 0 Å². The van der Waals surface area contributed by atoms with Gasteiger partial charge in [0.1, 0.15) is 5.82 Å². The summed E-state index contributed by atoms with van der Waals surface area (Å²) < 4.78 is 5.51. The number of aliphatic hydroxyl groups excluding tert-OH is 1. The predicted octanol–water partition coefficient (Wildman–Crippen LogP) is 1.28. The highest BCUT2D eigenvalue weighted by atomic mass is 16.5. The van der Waals surface area contributed by atoms with E-state index < -0.39 is 0 Å². The minimum atomic E-state index is 0.0698. The number of nitrogens with zero attached hydrogens (tertiary/aromatic N) is 2. The van der Waals surface area contributed by atoms with Crippen molar-refractivity contribution >= 4 is 16.7 Å². The van der Waals surface area contributed by atoms with Crippen LogP contribution in [0.3, 0.4) is 0 Å². The summed E-state index contributed by atoms with van der Waals surface area (Å²) in [5, 5.41) is 13.0. The minimum Gasteiger partial charge on any atom is -0.477 e. The Morgan fingerprint density at radius 2 is 2.28 bits per heavy atom. The van der Waals surface area contributed by atoms with Crippen LogP contribution in [0, 0.1) is 6.92 Å². The highest BCUT2D eigenvalue weighted by Crippen LogP contribution is 2.33. The molecule has 0 radical (unpaired) electrons. The van der Waals surface area contributed by atoms with Crippen LogP contribution in [-0.4, -0.2) is 34.8 Å². The van der Waals surface area contributed by atoms with E-state index in [0.29, 0.717) is 19.0 Å². The summed E-state index contributed by atoms with van der Waals surface area (Å²) in [6, 6.07) is 3.99. The third kappa shape index (κ3) is 1.76. The molecule has 0 saturated carbocycles. The number of aromatic nitrogens is 2. The van der Waals surface area contributed by atoms with Crippen LogP contribution in [0.25, 0.3) is 10.9 Å². The topological polar surface area (TPSA) is 67.3 Å². The first-order chi connectivity index (χ1) is 8.79. The molecular weight excluding hydrogens is 230 g/mol. The number of aryl methyl sites for hydroxylation is 1. The standard InChI is InChI=1S/C13H15N3O2/c1-8-2-3-9-11(15-8)10-4-7-18-13(10)16-12(9)14-5-6-17/h2-3,17H,4-7H2,1H3,(H,14,16). The van der Waals surface area contributed by atoms with Crippen molar-refractivity contribution in [2.45, 2.75) is 13.3 Å². The number of anilines is 1. The highest BCUT2D eigenvalue weighted by Gasteiger charge is 2.20. The van der Waals surface area contributed by atoms with E-state index in [2.05, 4.69) is 15.3 Å². The summed E-state index contributed by atoms with van der Waals surface area (Å²) in [7, 11) is 0. The van der Waals surface area contributed by atoms with Crippen LogP contribution in [0.1, 0.15) is 11.3 Å². The smallest absolute Gasteiger partial charge is 0.220 e. The van der Waals surface area contributed by atoms with Crippen molar-refractivity contribution in [2.24, 2.45) is 0 Å². The van der Waals surface area contributed by atoms with Crippen LogP contribution in [0.5, 0.6) is 5.88 Å². The van der Waals surface area contributed by atoms with E-state index >= 15 is 0 Å². The Bertz CT molecular complexity index is 598. The van der Waals surface area contributed by atoms with E-state index in [1.807, 2.05) is 19.1 Å². The molecule has 0 aliphatic carbocycles. The average molecular weight is 245 g/mol. The molecule has 0 amide bonds. The number of hydrogen-bond acceptors (Lipinski definition) is 5. The SMILES string of the molecule is Cc1ccc2c(NCCO)nc3c(c2n1)CCO3. The second-order valence-electron chi connectivity index (χ2n) is 4.34. The van der Waals surface area contributed by atoms with E-state index in [-0.39, 0.29) is 6.61 Å². The molecule has 2 N–H and O–H groups in total. The van der Waals surface area contributed by atoms with Crippen LogP contribution in [0.4, 0.5) is 5.82 Å². The molecule has 0 aromatic carbocycles. The quantitative estimate of drug-likeness (QED) is 0.852. The molecule has 1 aliphatic rings. The maximum absolute atomic E-state index is 8.90. The molecule has 2 aromatic rings. The minimum absolute atomic E-state index is 0.0698. The zero-order valence-electron chi connectivity index (χ0n) is 10.2. The van der Waals surface area contributed by atoms with Crippen molar-refractivity contribution in [3.05, 3.63) is 23.4 Å². The number of hydrogen-bond donors (Lipinski definition) is 2. The number of rotatable bonds is 3. The van der Waals surface area contributed by atoms with E-state index in [1.54, 1.807) is 0 Å². The molecule has 5 nitrogen and oxygen atoms in total. The van der Waals surface area contributed by atoms with Crippen molar-refractivity contribution in [1.82, 2.24) is 9.97 Å². The third-order valence-electron chi connectivity index (χ3n) is 3.04. The first-order valence-electron chi connectivity index (χ1n) is 6.07. The Morgan fingerprint density at radius 3 is 3.11 bits per heavy atom. The van der Waals surface area contributed by atoms with Gasteiger partial charge in [-0.25, -0.2) is 0 Å². The number of aliphatic hydroxyl groups is 1. The molecule has 0 unspecified atom stereocenters. The van der Waals surface area contributed by atoms with E-state index in [0.717, 1.165) is 34.4 Å². The second kappa shape index (κ2) is 4.42. The van der Waals surface area contributed by atoms with Gasteiger partial charge in [-0.2, -0.15) is 4.98 Å². The van der Waals surface area contributed by atoms with Crippen molar-refractivity contribution < 1.29 is 9.84 Å². The van der Waals surface area contributed by atoms with Gasteiger partial charge in [-0.1, -0.05) is 0 Å². The summed E-state index contributed by atoms with van der Waals surface area (Å²) in [5.41, 5.74) is 3.03. The van der Waals surface area contributed by atoms with E-state index in [9.17, 15) is 0 Å². The molecule has 0 saturated heterocycles. The molecule has 0 bridgehead atoms. The van der Waals surface area contributed by atoms with Crippen LogP contribution in [0.15, 0.2) is 12.1 Å². The lowest BCUT2D eigenvalue weighted by atomic mass is 10.1. The molecule has 2 aromatic heterocycles. The van der Waals surface area contributed by atoms with Gasteiger partial charge in [0.15, 0.2) is 0 Å². The monoisotopic (exact) mass is 245 g/mol. The molecule has 3 heterocycles. The van der Waals surface area contributed by atoms with Crippen LogP contribution in [0.2, 0.25) is 0 Å². The summed E-state index contributed by atoms with van der Waals surface area (Å²) in [6.07, 6.45) is 0.857. The van der Waals surface area contributed by atoms with Crippen molar-refractivity contribution in [1.29, 1.82) is 0 Å². The Kier molecular flexibility index (Phi) is 2.76. The molecule has 0 spiro atoms. The Morgan fingerprint density at radius 1 is 1.39 bits per heavy atom. The molecule has 94 valence electrons. The predicted molar refractivity (Wildman–Crippen MR) is 69.0 cm³/mol. The maximum atomic E-state index is 8.90. The number of fused-ring (bicyclic) bond motifs is 3. The Labute approximate surface area is 105 Å². The first kappa shape index (κ1) is 11.2. The van der Waals surface area contributed by atoms with Gasteiger partial charge in [-0.05, 0) is 19.1 Å². The van der Waals surface area contributed by atoms with Gasteiger partial charge < -0.3 is 15.2 Å². The number of nitrogens with one attached hydrogen (secondary N) is 1.